The van der Waals surface area contributed by atoms with Crippen LogP contribution in [0.5, 0.6) is 0 Å². The summed E-state index contributed by atoms with van der Waals surface area (Å²) in [6.45, 7) is 7.43. The summed E-state index contributed by atoms with van der Waals surface area (Å²) in [5.41, 5.74) is -0.0618. The van der Waals surface area contributed by atoms with Crippen LogP contribution in [0.1, 0.15) is 44.9 Å². The van der Waals surface area contributed by atoms with Gasteiger partial charge in [-0.1, -0.05) is 19.8 Å². The van der Waals surface area contributed by atoms with Crippen molar-refractivity contribution in [1.29, 1.82) is 0 Å². The van der Waals surface area contributed by atoms with Gasteiger partial charge in [-0.2, -0.15) is 0 Å². The van der Waals surface area contributed by atoms with Crippen LogP contribution in [0.15, 0.2) is 12.3 Å². The maximum absolute atomic E-state index is 12.9. The Hall–Kier alpha value is -1.65. The summed E-state index contributed by atoms with van der Waals surface area (Å²) in [5.74, 6) is 2.17. The third-order valence-electron chi connectivity index (χ3n) is 5.34. The van der Waals surface area contributed by atoms with E-state index >= 15 is 0 Å². The SMILES string of the molecule is CCC1(C(=O)N2CCN(c3ccnc(C)n3)CC2)CCCC1. The van der Waals surface area contributed by atoms with Gasteiger partial charge < -0.3 is 9.80 Å². The van der Waals surface area contributed by atoms with Gasteiger partial charge in [0.15, 0.2) is 0 Å². The number of aryl methyl sites for hydroxylation is 1. The molecule has 2 heterocycles. The molecule has 1 saturated heterocycles. The van der Waals surface area contributed by atoms with E-state index in [2.05, 4.69) is 26.7 Å². The van der Waals surface area contributed by atoms with E-state index in [1.165, 1.54) is 12.8 Å². The molecule has 5 heteroatoms. The Labute approximate surface area is 132 Å². The van der Waals surface area contributed by atoms with Gasteiger partial charge in [-0.3, -0.25) is 4.79 Å². The van der Waals surface area contributed by atoms with Gasteiger partial charge in [-0.25, -0.2) is 9.97 Å². The van der Waals surface area contributed by atoms with E-state index in [9.17, 15) is 4.79 Å². The van der Waals surface area contributed by atoms with Crippen LogP contribution in [0.4, 0.5) is 5.82 Å². The molecule has 5 nitrogen and oxygen atoms in total. The Balaban J connectivity index is 1.63. The lowest BCUT2D eigenvalue weighted by Gasteiger charge is -2.40. The fraction of sp³-hybridized carbons (Fsp3) is 0.706. The van der Waals surface area contributed by atoms with Crippen LogP contribution in [-0.4, -0.2) is 47.0 Å². The molecule has 3 rings (SSSR count). The topological polar surface area (TPSA) is 49.3 Å². The highest BCUT2D eigenvalue weighted by Gasteiger charge is 2.42. The fourth-order valence-corrected chi connectivity index (χ4v) is 3.86. The van der Waals surface area contributed by atoms with Gasteiger partial charge in [0.05, 0.1) is 0 Å². The summed E-state index contributed by atoms with van der Waals surface area (Å²) < 4.78 is 0. The van der Waals surface area contributed by atoms with E-state index in [0.717, 1.165) is 57.1 Å². The molecule has 0 spiro atoms. The number of hydrogen-bond donors (Lipinski definition) is 0. The van der Waals surface area contributed by atoms with Crippen molar-refractivity contribution in [3.8, 4) is 0 Å². The monoisotopic (exact) mass is 302 g/mol. The molecule has 1 amide bonds. The average Bonchev–Trinajstić information content (AvgIpc) is 3.04. The molecule has 2 aliphatic rings. The molecule has 0 radical (unpaired) electrons. The molecule has 0 aromatic carbocycles. The summed E-state index contributed by atoms with van der Waals surface area (Å²) in [5, 5.41) is 0. The summed E-state index contributed by atoms with van der Waals surface area (Å²) in [6.07, 6.45) is 7.36. The highest BCUT2D eigenvalue weighted by molar-refractivity contribution is 5.83. The van der Waals surface area contributed by atoms with E-state index in [4.69, 9.17) is 0 Å². The van der Waals surface area contributed by atoms with Crippen molar-refractivity contribution in [3.63, 3.8) is 0 Å². The number of carbonyl (C=O) groups is 1. The van der Waals surface area contributed by atoms with Gasteiger partial charge in [0, 0.05) is 37.8 Å². The van der Waals surface area contributed by atoms with E-state index in [-0.39, 0.29) is 5.41 Å². The summed E-state index contributed by atoms with van der Waals surface area (Å²) >= 11 is 0. The zero-order valence-corrected chi connectivity index (χ0v) is 13.7. The normalized spacial score (nSPS) is 21.2. The van der Waals surface area contributed by atoms with Gasteiger partial charge >= 0.3 is 0 Å². The minimum Gasteiger partial charge on any atom is -0.353 e. The minimum absolute atomic E-state index is 0.0618. The van der Waals surface area contributed by atoms with E-state index in [0.29, 0.717) is 5.91 Å². The molecule has 1 aromatic heterocycles. The predicted octanol–water partition coefficient (Wildman–Crippen LogP) is 2.40. The van der Waals surface area contributed by atoms with Crippen molar-refractivity contribution in [2.45, 2.75) is 46.0 Å². The number of nitrogens with zero attached hydrogens (tertiary/aromatic N) is 4. The van der Waals surface area contributed by atoms with Gasteiger partial charge in [-0.15, -0.1) is 0 Å². The molecular formula is C17H26N4O. The van der Waals surface area contributed by atoms with Crippen LogP contribution in [0.3, 0.4) is 0 Å². The average molecular weight is 302 g/mol. The molecule has 22 heavy (non-hydrogen) atoms. The zero-order chi connectivity index (χ0) is 15.6. The number of amides is 1. The third kappa shape index (κ3) is 2.81. The standard InChI is InChI=1S/C17H26N4O/c1-3-17(7-4-5-8-17)16(22)21-12-10-20(11-13-21)15-6-9-18-14(2)19-15/h6,9H,3-5,7-8,10-13H2,1-2H3. The van der Waals surface area contributed by atoms with Crippen LogP contribution in [-0.2, 0) is 4.79 Å². The minimum atomic E-state index is -0.0618. The van der Waals surface area contributed by atoms with E-state index in [1.807, 2.05) is 13.0 Å². The fourth-order valence-electron chi connectivity index (χ4n) is 3.86. The number of rotatable bonds is 3. The molecule has 0 unspecified atom stereocenters. The number of hydrogen-bond acceptors (Lipinski definition) is 4. The van der Waals surface area contributed by atoms with Crippen LogP contribution in [0, 0.1) is 12.3 Å². The third-order valence-corrected chi connectivity index (χ3v) is 5.34. The van der Waals surface area contributed by atoms with Gasteiger partial charge in [0.2, 0.25) is 5.91 Å². The number of piperazine rings is 1. The molecule has 0 N–H and O–H groups in total. The molecule has 0 bridgehead atoms. The van der Waals surface area contributed by atoms with Crippen LogP contribution < -0.4 is 4.90 Å². The van der Waals surface area contributed by atoms with Gasteiger partial charge in [0.25, 0.3) is 0 Å². The van der Waals surface area contributed by atoms with Crippen molar-refractivity contribution >= 4 is 11.7 Å². The Morgan fingerprint density at radius 1 is 1.23 bits per heavy atom. The quantitative estimate of drug-likeness (QED) is 0.860. The van der Waals surface area contributed by atoms with Crippen molar-refractivity contribution < 1.29 is 4.79 Å². The zero-order valence-electron chi connectivity index (χ0n) is 13.7. The van der Waals surface area contributed by atoms with Crippen molar-refractivity contribution in [1.82, 2.24) is 14.9 Å². The number of carbonyl (C=O) groups excluding carboxylic acids is 1. The Morgan fingerprint density at radius 3 is 2.50 bits per heavy atom. The smallest absolute Gasteiger partial charge is 0.228 e. The lowest BCUT2D eigenvalue weighted by molar-refractivity contribution is -0.142. The summed E-state index contributed by atoms with van der Waals surface area (Å²) in [4.78, 5) is 25.9. The highest BCUT2D eigenvalue weighted by Crippen LogP contribution is 2.42. The molecule has 1 aromatic rings. The molecule has 1 saturated carbocycles. The summed E-state index contributed by atoms with van der Waals surface area (Å²) in [6, 6.07) is 1.95. The second-order valence-electron chi connectivity index (χ2n) is 6.58. The summed E-state index contributed by atoms with van der Waals surface area (Å²) in [7, 11) is 0. The lowest BCUT2D eigenvalue weighted by atomic mass is 9.81. The van der Waals surface area contributed by atoms with Gasteiger partial charge in [-0.05, 0) is 32.3 Å². The second-order valence-corrected chi connectivity index (χ2v) is 6.58. The number of anilines is 1. The van der Waals surface area contributed by atoms with Gasteiger partial charge in [0.1, 0.15) is 11.6 Å². The van der Waals surface area contributed by atoms with E-state index < -0.39 is 0 Å². The van der Waals surface area contributed by atoms with Crippen LogP contribution in [0.25, 0.3) is 0 Å². The van der Waals surface area contributed by atoms with Crippen LogP contribution >= 0.6 is 0 Å². The first-order valence-electron chi connectivity index (χ1n) is 8.49. The molecular weight excluding hydrogens is 276 g/mol. The molecule has 1 aliphatic heterocycles. The molecule has 120 valence electrons. The first kappa shape index (κ1) is 15.3. The predicted molar refractivity (Wildman–Crippen MR) is 86.8 cm³/mol. The lowest BCUT2D eigenvalue weighted by Crippen LogP contribution is -2.53. The van der Waals surface area contributed by atoms with Crippen molar-refractivity contribution in [2.24, 2.45) is 5.41 Å². The van der Waals surface area contributed by atoms with Crippen LogP contribution in [0.2, 0.25) is 0 Å². The first-order chi connectivity index (χ1) is 10.6. The Bertz CT molecular complexity index is 531. The van der Waals surface area contributed by atoms with E-state index in [1.54, 1.807) is 6.20 Å². The molecule has 2 fully saturated rings. The first-order valence-corrected chi connectivity index (χ1v) is 8.49. The largest absolute Gasteiger partial charge is 0.353 e. The van der Waals surface area contributed by atoms with Crippen molar-refractivity contribution in [3.05, 3.63) is 18.1 Å². The Kier molecular flexibility index (Phi) is 4.32. The highest BCUT2D eigenvalue weighted by atomic mass is 16.2. The number of aromatic nitrogens is 2. The van der Waals surface area contributed by atoms with Crippen molar-refractivity contribution in [2.75, 3.05) is 31.1 Å². The second kappa shape index (κ2) is 6.23. The maximum Gasteiger partial charge on any atom is 0.228 e. The molecule has 1 aliphatic carbocycles. The molecule has 0 atom stereocenters. The Morgan fingerprint density at radius 2 is 1.91 bits per heavy atom. The maximum atomic E-state index is 12.9.